The van der Waals surface area contributed by atoms with Gasteiger partial charge in [-0.25, -0.2) is 0 Å². The molecule has 0 saturated heterocycles. The van der Waals surface area contributed by atoms with Crippen LogP contribution in [0.3, 0.4) is 0 Å². The molecule has 1 aromatic carbocycles. The van der Waals surface area contributed by atoms with E-state index in [1.807, 2.05) is 0 Å². The Morgan fingerprint density at radius 2 is 1.54 bits per heavy atom. The molecule has 26 heavy (non-hydrogen) atoms. The molecule has 0 bridgehead atoms. The summed E-state index contributed by atoms with van der Waals surface area (Å²) in [6.45, 7) is 14.6. The SMILES string of the molecule is CC(C)(C)[Si](C)(C)OCCCC/C=C\CCCCNCc1ccccc1. The van der Waals surface area contributed by atoms with Crippen LogP contribution in [0.5, 0.6) is 0 Å². The molecule has 2 nitrogen and oxygen atoms in total. The monoisotopic (exact) mass is 375 g/mol. The van der Waals surface area contributed by atoms with E-state index in [0.29, 0.717) is 5.04 Å². The maximum Gasteiger partial charge on any atom is 0.191 e. The Labute approximate surface area is 163 Å². The standard InChI is InChI=1S/C23H41NOSi/c1-23(2,3)26(4,5)25-20-16-11-9-7-6-8-10-15-19-24-21-22-17-13-12-14-18-22/h6-7,12-14,17-18,24H,8-11,15-16,19-21H2,1-5H3/b7-6-. The van der Waals surface area contributed by atoms with Gasteiger partial charge < -0.3 is 9.74 Å². The lowest BCUT2D eigenvalue weighted by atomic mass is 10.2. The lowest BCUT2D eigenvalue weighted by Gasteiger charge is -2.36. The minimum atomic E-state index is -1.55. The number of benzene rings is 1. The molecular formula is C23H41NOSi. The van der Waals surface area contributed by atoms with Crippen molar-refractivity contribution in [3.05, 3.63) is 48.0 Å². The van der Waals surface area contributed by atoms with E-state index in [2.05, 4.69) is 81.7 Å². The molecule has 0 aliphatic carbocycles. The molecule has 0 saturated carbocycles. The third kappa shape index (κ3) is 10.3. The van der Waals surface area contributed by atoms with E-state index >= 15 is 0 Å². The van der Waals surface area contributed by atoms with Gasteiger partial charge in [-0.15, -0.1) is 0 Å². The zero-order valence-corrected chi connectivity index (χ0v) is 18.8. The Kier molecular flexibility index (Phi) is 11.1. The maximum atomic E-state index is 6.22. The Bertz CT molecular complexity index is 491. The third-order valence-corrected chi connectivity index (χ3v) is 9.89. The van der Waals surface area contributed by atoms with E-state index < -0.39 is 8.32 Å². The number of hydrogen-bond acceptors (Lipinski definition) is 2. The number of rotatable bonds is 13. The summed E-state index contributed by atoms with van der Waals surface area (Å²) in [6, 6.07) is 10.6. The minimum absolute atomic E-state index is 0.322. The van der Waals surface area contributed by atoms with Crippen molar-refractivity contribution in [2.75, 3.05) is 13.2 Å². The first-order chi connectivity index (χ1) is 12.3. The maximum absolute atomic E-state index is 6.22. The summed E-state index contributed by atoms with van der Waals surface area (Å²) in [5.41, 5.74) is 1.37. The van der Waals surface area contributed by atoms with E-state index in [4.69, 9.17) is 4.43 Å². The summed E-state index contributed by atoms with van der Waals surface area (Å²) in [4.78, 5) is 0. The number of nitrogens with one attached hydrogen (secondary N) is 1. The highest BCUT2D eigenvalue weighted by Gasteiger charge is 2.36. The predicted octanol–water partition coefficient (Wildman–Crippen LogP) is 6.69. The summed E-state index contributed by atoms with van der Waals surface area (Å²) in [6.07, 6.45) is 12.0. The van der Waals surface area contributed by atoms with Gasteiger partial charge in [-0.05, 0) is 68.8 Å². The highest BCUT2D eigenvalue weighted by atomic mass is 28.4. The molecule has 0 unspecified atom stereocenters. The summed E-state index contributed by atoms with van der Waals surface area (Å²) in [5.74, 6) is 0. The van der Waals surface area contributed by atoms with Crippen molar-refractivity contribution in [2.24, 2.45) is 0 Å². The average Bonchev–Trinajstić information content (AvgIpc) is 2.59. The van der Waals surface area contributed by atoms with Gasteiger partial charge in [0.25, 0.3) is 0 Å². The van der Waals surface area contributed by atoms with Crippen molar-refractivity contribution in [3.8, 4) is 0 Å². The van der Waals surface area contributed by atoms with Crippen molar-refractivity contribution < 1.29 is 4.43 Å². The van der Waals surface area contributed by atoms with Crippen molar-refractivity contribution >= 4 is 8.32 Å². The second-order valence-corrected chi connectivity index (χ2v) is 13.5. The summed E-state index contributed by atoms with van der Waals surface area (Å²) >= 11 is 0. The Balaban J connectivity index is 1.91. The van der Waals surface area contributed by atoms with Gasteiger partial charge in [0.05, 0.1) is 0 Å². The van der Waals surface area contributed by atoms with E-state index in [1.165, 1.54) is 44.1 Å². The summed E-state index contributed by atoms with van der Waals surface area (Å²) < 4.78 is 6.22. The normalized spacial score (nSPS) is 12.8. The van der Waals surface area contributed by atoms with E-state index in [0.717, 1.165) is 19.7 Å². The first-order valence-corrected chi connectivity index (χ1v) is 13.3. The van der Waals surface area contributed by atoms with Gasteiger partial charge in [-0.3, -0.25) is 0 Å². The van der Waals surface area contributed by atoms with Gasteiger partial charge in [0.1, 0.15) is 0 Å². The second kappa shape index (κ2) is 12.5. The van der Waals surface area contributed by atoms with Crippen LogP contribution in [0.1, 0.15) is 64.9 Å². The van der Waals surface area contributed by atoms with Gasteiger partial charge in [-0.2, -0.15) is 0 Å². The van der Waals surface area contributed by atoms with Crippen LogP contribution in [0.2, 0.25) is 18.1 Å². The van der Waals surface area contributed by atoms with E-state index in [9.17, 15) is 0 Å². The fourth-order valence-electron chi connectivity index (χ4n) is 2.48. The van der Waals surface area contributed by atoms with Crippen molar-refractivity contribution in [1.29, 1.82) is 0 Å². The van der Waals surface area contributed by atoms with Crippen molar-refractivity contribution in [1.82, 2.24) is 5.32 Å². The zero-order chi connectivity index (χ0) is 19.3. The fourth-order valence-corrected chi connectivity index (χ4v) is 3.57. The largest absolute Gasteiger partial charge is 0.417 e. The van der Waals surface area contributed by atoms with Gasteiger partial charge in [0.2, 0.25) is 0 Å². The lowest BCUT2D eigenvalue weighted by Crippen LogP contribution is -2.40. The average molecular weight is 376 g/mol. The van der Waals surface area contributed by atoms with E-state index in [1.54, 1.807) is 0 Å². The number of allylic oxidation sites excluding steroid dienone is 2. The van der Waals surface area contributed by atoms with Crippen LogP contribution in [-0.4, -0.2) is 21.5 Å². The number of unbranched alkanes of at least 4 members (excludes halogenated alkanes) is 4. The molecule has 1 rings (SSSR count). The quantitative estimate of drug-likeness (QED) is 0.235. The van der Waals surface area contributed by atoms with E-state index in [-0.39, 0.29) is 0 Å². The van der Waals surface area contributed by atoms with Crippen molar-refractivity contribution in [3.63, 3.8) is 0 Å². The van der Waals surface area contributed by atoms with Crippen LogP contribution in [-0.2, 0) is 11.0 Å². The molecule has 0 amide bonds. The smallest absolute Gasteiger partial charge is 0.191 e. The molecule has 0 fully saturated rings. The molecule has 0 aliphatic rings. The third-order valence-electron chi connectivity index (χ3n) is 5.35. The second-order valence-electron chi connectivity index (χ2n) is 8.73. The Morgan fingerprint density at radius 1 is 0.923 bits per heavy atom. The van der Waals surface area contributed by atoms with Crippen LogP contribution in [0.15, 0.2) is 42.5 Å². The minimum Gasteiger partial charge on any atom is -0.417 e. The highest BCUT2D eigenvalue weighted by molar-refractivity contribution is 6.74. The molecular weight excluding hydrogens is 334 g/mol. The van der Waals surface area contributed by atoms with Crippen LogP contribution in [0.25, 0.3) is 0 Å². The van der Waals surface area contributed by atoms with Crippen LogP contribution >= 0.6 is 0 Å². The molecule has 1 aromatic rings. The fraction of sp³-hybridized carbons (Fsp3) is 0.652. The topological polar surface area (TPSA) is 21.3 Å². The molecule has 1 N–H and O–H groups in total. The summed E-state index contributed by atoms with van der Waals surface area (Å²) in [5, 5.41) is 3.84. The van der Waals surface area contributed by atoms with Crippen molar-refractivity contribution in [2.45, 2.75) is 84.0 Å². The molecule has 3 heteroatoms. The van der Waals surface area contributed by atoms with Gasteiger partial charge >= 0.3 is 0 Å². The molecule has 148 valence electrons. The number of hydrogen-bond donors (Lipinski definition) is 1. The lowest BCUT2D eigenvalue weighted by molar-refractivity contribution is 0.279. The van der Waals surface area contributed by atoms with Gasteiger partial charge in [0, 0.05) is 13.2 Å². The highest BCUT2D eigenvalue weighted by Crippen LogP contribution is 2.36. The Morgan fingerprint density at radius 3 is 2.15 bits per heavy atom. The molecule has 0 aliphatic heterocycles. The Hall–Kier alpha value is -0.903. The molecule has 0 spiro atoms. The van der Waals surface area contributed by atoms with Gasteiger partial charge in [-0.1, -0.05) is 63.3 Å². The predicted molar refractivity (Wildman–Crippen MR) is 118 cm³/mol. The molecule has 0 aromatic heterocycles. The zero-order valence-electron chi connectivity index (χ0n) is 17.8. The van der Waals surface area contributed by atoms with Crippen LogP contribution in [0, 0.1) is 0 Å². The molecule has 0 atom stereocenters. The molecule has 0 radical (unpaired) electrons. The first kappa shape index (κ1) is 23.1. The van der Waals surface area contributed by atoms with Gasteiger partial charge in [0.15, 0.2) is 8.32 Å². The first-order valence-electron chi connectivity index (χ1n) is 10.4. The van der Waals surface area contributed by atoms with Crippen LogP contribution < -0.4 is 5.32 Å². The summed E-state index contributed by atoms with van der Waals surface area (Å²) in [7, 11) is -1.55. The van der Waals surface area contributed by atoms with Crippen LogP contribution in [0.4, 0.5) is 0 Å². The molecule has 0 heterocycles.